The Hall–Kier alpha value is -0.510. The Bertz CT molecular complexity index is 246. The SMILES string of the molecule is COC(OC)c1ccccc1S. The van der Waals surface area contributed by atoms with Gasteiger partial charge in [0.25, 0.3) is 0 Å². The van der Waals surface area contributed by atoms with Gasteiger partial charge in [-0.05, 0) is 6.07 Å². The molecular formula is C9H12O2S. The van der Waals surface area contributed by atoms with E-state index in [0.717, 1.165) is 10.5 Å². The smallest absolute Gasteiger partial charge is 0.184 e. The third kappa shape index (κ3) is 2.00. The van der Waals surface area contributed by atoms with E-state index in [2.05, 4.69) is 12.6 Å². The molecule has 0 saturated heterocycles. The van der Waals surface area contributed by atoms with Crippen molar-refractivity contribution >= 4 is 12.6 Å². The van der Waals surface area contributed by atoms with Crippen molar-refractivity contribution in [2.24, 2.45) is 0 Å². The lowest BCUT2D eigenvalue weighted by Crippen LogP contribution is -2.04. The van der Waals surface area contributed by atoms with Gasteiger partial charge in [0.1, 0.15) is 0 Å². The maximum absolute atomic E-state index is 5.10. The molecule has 0 aromatic heterocycles. The van der Waals surface area contributed by atoms with Crippen molar-refractivity contribution in [3.63, 3.8) is 0 Å². The van der Waals surface area contributed by atoms with Gasteiger partial charge in [-0.15, -0.1) is 12.6 Å². The van der Waals surface area contributed by atoms with E-state index >= 15 is 0 Å². The summed E-state index contributed by atoms with van der Waals surface area (Å²) in [5.41, 5.74) is 0.950. The van der Waals surface area contributed by atoms with Crippen LogP contribution < -0.4 is 0 Å². The van der Waals surface area contributed by atoms with E-state index in [1.54, 1.807) is 14.2 Å². The van der Waals surface area contributed by atoms with Gasteiger partial charge in [-0.2, -0.15) is 0 Å². The summed E-state index contributed by atoms with van der Waals surface area (Å²) < 4.78 is 10.2. The summed E-state index contributed by atoms with van der Waals surface area (Å²) in [6, 6.07) is 7.69. The van der Waals surface area contributed by atoms with Gasteiger partial charge in [-0.3, -0.25) is 0 Å². The third-order valence-corrected chi connectivity index (χ3v) is 2.03. The summed E-state index contributed by atoms with van der Waals surface area (Å²) in [6.07, 6.45) is -0.321. The van der Waals surface area contributed by atoms with Crippen LogP contribution in [0.25, 0.3) is 0 Å². The third-order valence-electron chi connectivity index (χ3n) is 1.62. The lowest BCUT2D eigenvalue weighted by molar-refractivity contribution is -0.107. The maximum atomic E-state index is 5.10. The number of thiol groups is 1. The molecule has 1 aromatic carbocycles. The minimum atomic E-state index is -0.321. The Balaban J connectivity index is 2.92. The minimum Gasteiger partial charge on any atom is -0.352 e. The Kier molecular flexibility index (Phi) is 3.59. The summed E-state index contributed by atoms with van der Waals surface area (Å²) in [5.74, 6) is 0. The topological polar surface area (TPSA) is 18.5 Å². The average Bonchev–Trinajstić information content (AvgIpc) is 2.10. The summed E-state index contributed by atoms with van der Waals surface area (Å²) >= 11 is 4.29. The highest BCUT2D eigenvalue weighted by molar-refractivity contribution is 7.80. The summed E-state index contributed by atoms with van der Waals surface area (Å²) in [4.78, 5) is 0.881. The Morgan fingerprint density at radius 3 is 2.25 bits per heavy atom. The first-order valence-corrected chi connectivity index (χ1v) is 4.07. The van der Waals surface area contributed by atoms with Crippen LogP contribution in [0, 0.1) is 0 Å². The number of rotatable bonds is 3. The van der Waals surface area contributed by atoms with Crippen LogP contribution in [-0.4, -0.2) is 14.2 Å². The number of methoxy groups -OCH3 is 2. The van der Waals surface area contributed by atoms with E-state index in [9.17, 15) is 0 Å². The molecule has 2 nitrogen and oxygen atoms in total. The molecule has 0 spiro atoms. The quantitative estimate of drug-likeness (QED) is 0.574. The number of hydrogen-bond acceptors (Lipinski definition) is 3. The molecule has 3 heteroatoms. The Morgan fingerprint density at radius 2 is 1.75 bits per heavy atom. The predicted octanol–water partition coefficient (Wildman–Crippen LogP) is 2.27. The van der Waals surface area contributed by atoms with E-state index < -0.39 is 0 Å². The van der Waals surface area contributed by atoms with Crippen LogP contribution in [0.3, 0.4) is 0 Å². The molecule has 0 unspecified atom stereocenters. The van der Waals surface area contributed by atoms with Crippen molar-refractivity contribution in [1.82, 2.24) is 0 Å². The van der Waals surface area contributed by atoms with E-state index in [-0.39, 0.29) is 6.29 Å². The fourth-order valence-corrected chi connectivity index (χ4v) is 1.30. The normalized spacial score (nSPS) is 10.7. The molecule has 0 bridgehead atoms. The van der Waals surface area contributed by atoms with Gasteiger partial charge in [-0.25, -0.2) is 0 Å². The van der Waals surface area contributed by atoms with Crippen LogP contribution in [0.15, 0.2) is 29.2 Å². The molecule has 0 amide bonds. The summed E-state index contributed by atoms with van der Waals surface area (Å²) in [7, 11) is 3.21. The highest BCUT2D eigenvalue weighted by Crippen LogP contribution is 2.23. The molecule has 0 fully saturated rings. The fraction of sp³-hybridized carbons (Fsp3) is 0.333. The molecule has 0 heterocycles. The zero-order valence-corrected chi connectivity index (χ0v) is 8.04. The molecule has 0 N–H and O–H groups in total. The molecule has 0 radical (unpaired) electrons. The van der Waals surface area contributed by atoms with Crippen molar-refractivity contribution in [2.45, 2.75) is 11.2 Å². The molecule has 0 aliphatic heterocycles. The van der Waals surface area contributed by atoms with Gasteiger partial charge in [-0.1, -0.05) is 18.2 Å². The van der Waals surface area contributed by atoms with Crippen molar-refractivity contribution in [1.29, 1.82) is 0 Å². The largest absolute Gasteiger partial charge is 0.352 e. The Labute approximate surface area is 77.9 Å². The van der Waals surface area contributed by atoms with Crippen molar-refractivity contribution in [3.05, 3.63) is 29.8 Å². The van der Waals surface area contributed by atoms with Crippen LogP contribution in [0.5, 0.6) is 0 Å². The predicted molar refractivity (Wildman–Crippen MR) is 50.5 cm³/mol. The molecule has 0 saturated carbocycles. The second-order valence-electron chi connectivity index (χ2n) is 2.36. The fourth-order valence-electron chi connectivity index (χ4n) is 1.04. The minimum absolute atomic E-state index is 0.321. The van der Waals surface area contributed by atoms with Crippen LogP contribution in [-0.2, 0) is 9.47 Å². The van der Waals surface area contributed by atoms with Gasteiger partial charge >= 0.3 is 0 Å². The molecule has 12 heavy (non-hydrogen) atoms. The van der Waals surface area contributed by atoms with Crippen molar-refractivity contribution < 1.29 is 9.47 Å². The van der Waals surface area contributed by atoms with E-state index in [4.69, 9.17) is 9.47 Å². The lowest BCUT2D eigenvalue weighted by atomic mass is 10.2. The molecule has 1 aromatic rings. The first-order chi connectivity index (χ1) is 5.79. The maximum Gasteiger partial charge on any atom is 0.184 e. The van der Waals surface area contributed by atoms with E-state index in [1.807, 2.05) is 24.3 Å². The van der Waals surface area contributed by atoms with Crippen molar-refractivity contribution in [3.8, 4) is 0 Å². The van der Waals surface area contributed by atoms with Crippen LogP contribution >= 0.6 is 12.6 Å². The zero-order valence-electron chi connectivity index (χ0n) is 7.15. The summed E-state index contributed by atoms with van der Waals surface area (Å²) in [5, 5.41) is 0. The lowest BCUT2D eigenvalue weighted by Gasteiger charge is -2.14. The second kappa shape index (κ2) is 4.50. The molecule has 0 aliphatic carbocycles. The average molecular weight is 184 g/mol. The van der Waals surface area contributed by atoms with Crippen molar-refractivity contribution in [2.75, 3.05) is 14.2 Å². The first kappa shape index (κ1) is 9.58. The number of hydrogen-bond donors (Lipinski definition) is 1. The Morgan fingerprint density at radius 1 is 1.17 bits per heavy atom. The second-order valence-corrected chi connectivity index (χ2v) is 2.84. The molecular weight excluding hydrogens is 172 g/mol. The van der Waals surface area contributed by atoms with E-state index in [0.29, 0.717) is 0 Å². The molecule has 1 rings (SSSR count). The number of ether oxygens (including phenoxy) is 2. The monoisotopic (exact) mass is 184 g/mol. The van der Waals surface area contributed by atoms with Gasteiger partial charge in [0.05, 0.1) is 0 Å². The zero-order chi connectivity index (χ0) is 8.97. The van der Waals surface area contributed by atoms with Gasteiger partial charge in [0.15, 0.2) is 6.29 Å². The van der Waals surface area contributed by atoms with Crippen LogP contribution in [0.1, 0.15) is 11.9 Å². The van der Waals surface area contributed by atoms with Crippen LogP contribution in [0.4, 0.5) is 0 Å². The summed E-state index contributed by atoms with van der Waals surface area (Å²) in [6.45, 7) is 0. The van der Waals surface area contributed by atoms with Gasteiger partial charge in [0.2, 0.25) is 0 Å². The first-order valence-electron chi connectivity index (χ1n) is 3.63. The standard InChI is InChI=1S/C9H12O2S/c1-10-9(11-2)7-5-3-4-6-8(7)12/h3-6,9,12H,1-2H3. The molecule has 0 aliphatic rings. The molecule has 66 valence electrons. The van der Waals surface area contributed by atoms with E-state index in [1.165, 1.54) is 0 Å². The van der Waals surface area contributed by atoms with Gasteiger partial charge < -0.3 is 9.47 Å². The molecule has 0 atom stereocenters. The highest BCUT2D eigenvalue weighted by atomic mass is 32.1. The van der Waals surface area contributed by atoms with Crippen LogP contribution in [0.2, 0.25) is 0 Å². The highest BCUT2D eigenvalue weighted by Gasteiger charge is 2.10. The number of benzene rings is 1. The van der Waals surface area contributed by atoms with Gasteiger partial charge in [0, 0.05) is 24.7 Å².